The second-order valence-corrected chi connectivity index (χ2v) is 9.31. The van der Waals surface area contributed by atoms with Crippen molar-refractivity contribution < 1.29 is 37.4 Å². The van der Waals surface area contributed by atoms with Gasteiger partial charge in [-0.3, -0.25) is 19.9 Å². The molecule has 3 aromatic rings. The first-order valence-corrected chi connectivity index (χ1v) is 12.4. The highest BCUT2D eigenvalue weighted by Crippen LogP contribution is 2.42. The molecule has 2 heterocycles. The molecule has 2 amide bonds. The van der Waals surface area contributed by atoms with Crippen LogP contribution in [0.25, 0.3) is 11.1 Å². The third-order valence-corrected chi connectivity index (χ3v) is 6.23. The van der Waals surface area contributed by atoms with Crippen molar-refractivity contribution in [1.29, 1.82) is 0 Å². The Morgan fingerprint density at radius 2 is 1.60 bits per heavy atom. The number of morpholine rings is 1. The summed E-state index contributed by atoms with van der Waals surface area (Å²) in [4.78, 5) is 42.9. The Morgan fingerprint density at radius 1 is 0.950 bits per heavy atom. The van der Waals surface area contributed by atoms with Crippen molar-refractivity contribution in [2.24, 2.45) is 0 Å². The first-order chi connectivity index (χ1) is 18.9. The largest absolute Gasteiger partial charge is 0.465 e. The van der Waals surface area contributed by atoms with Crippen LogP contribution in [0.4, 0.5) is 35.0 Å². The minimum Gasteiger partial charge on any atom is -0.465 e. The number of ketones is 1. The Labute approximate surface area is 228 Å². The summed E-state index contributed by atoms with van der Waals surface area (Å²) in [7, 11) is 0. The molecular formula is C28H27F3N4O5. The SMILES string of the molecule is Cc1cc(-c2cccc(C(=O)CC(=O)Nc3cc(C(F)(F)F)c(N4CCOCC4)cc3NC(=O)O)c2)cc(C)n1. The topological polar surface area (TPSA) is 121 Å². The number of carboxylic acid groups (broad SMARTS) is 1. The second-order valence-electron chi connectivity index (χ2n) is 9.31. The van der Waals surface area contributed by atoms with Crippen molar-refractivity contribution >= 4 is 34.8 Å². The summed E-state index contributed by atoms with van der Waals surface area (Å²) in [6.45, 7) is 4.46. The molecule has 0 unspecified atom stereocenters. The molecule has 3 N–H and O–H groups in total. The zero-order chi connectivity index (χ0) is 29.0. The van der Waals surface area contributed by atoms with Crippen molar-refractivity contribution in [1.82, 2.24) is 4.98 Å². The van der Waals surface area contributed by atoms with E-state index in [1.807, 2.05) is 37.4 Å². The molecule has 9 nitrogen and oxygen atoms in total. The molecule has 1 fully saturated rings. The molecule has 1 aliphatic rings. The van der Waals surface area contributed by atoms with E-state index in [1.165, 1.54) is 11.0 Å². The van der Waals surface area contributed by atoms with Crippen LogP contribution in [0, 0.1) is 13.8 Å². The number of nitrogens with one attached hydrogen (secondary N) is 2. The zero-order valence-electron chi connectivity index (χ0n) is 21.8. The Balaban J connectivity index is 1.59. The van der Waals surface area contributed by atoms with Crippen molar-refractivity contribution in [2.45, 2.75) is 26.4 Å². The summed E-state index contributed by atoms with van der Waals surface area (Å²) >= 11 is 0. The normalized spacial score (nSPS) is 13.6. The van der Waals surface area contributed by atoms with Crippen LogP contribution < -0.4 is 15.5 Å². The average molecular weight is 557 g/mol. The summed E-state index contributed by atoms with van der Waals surface area (Å²) < 4.78 is 47.2. The van der Waals surface area contributed by atoms with Crippen molar-refractivity contribution in [3.05, 3.63) is 71.0 Å². The maximum Gasteiger partial charge on any atom is 0.418 e. The van der Waals surface area contributed by atoms with Gasteiger partial charge in [0, 0.05) is 30.0 Å². The van der Waals surface area contributed by atoms with E-state index in [2.05, 4.69) is 10.3 Å². The third kappa shape index (κ3) is 6.94. The number of rotatable bonds is 7. The monoisotopic (exact) mass is 556 g/mol. The number of anilines is 3. The first-order valence-electron chi connectivity index (χ1n) is 12.4. The van der Waals surface area contributed by atoms with E-state index in [-0.39, 0.29) is 43.2 Å². The fourth-order valence-electron chi connectivity index (χ4n) is 4.52. The molecule has 0 radical (unpaired) electrons. The Morgan fingerprint density at radius 3 is 2.23 bits per heavy atom. The highest BCUT2D eigenvalue weighted by atomic mass is 19.4. The molecule has 40 heavy (non-hydrogen) atoms. The fourth-order valence-corrected chi connectivity index (χ4v) is 4.52. The lowest BCUT2D eigenvalue weighted by Crippen LogP contribution is -2.37. The molecule has 2 aromatic carbocycles. The summed E-state index contributed by atoms with van der Waals surface area (Å²) in [5.74, 6) is -1.46. The van der Waals surface area contributed by atoms with Crippen LogP contribution >= 0.6 is 0 Å². The van der Waals surface area contributed by atoms with Crippen molar-refractivity contribution in [3.63, 3.8) is 0 Å². The zero-order valence-corrected chi connectivity index (χ0v) is 21.8. The number of hydrogen-bond acceptors (Lipinski definition) is 6. The van der Waals surface area contributed by atoms with E-state index in [4.69, 9.17) is 4.74 Å². The minimum absolute atomic E-state index is 0.174. The van der Waals surface area contributed by atoms with E-state index < -0.39 is 41.6 Å². The quantitative estimate of drug-likeness (QED) is 0.259. The first kappa shape index (κ1) is 28.6. The van der Waals surface area contributed by atoms with Gasteiger partial charge in [-0.25, -0.2) is 4.79 Å². The van der Waals surface area contributed by atoms with Gasteiger partial charge >= 0.3 is 12.3 Å². The second kappa shape index (κ2) is 11.7. The van der Waals surface area contributed by atoms with Gasteiger partial charge in [0.15, 0.2) is 5.78 Å². The van der Waals surface area contributed by atoms with Crippen LogP contribution in [0.15, 0.2) is 48.5 Å². The highest BCUT2D eigenvalue weighted by Gasteiger charge is 2.37. The molecule has 0 saturated carbocycles. The molecule has 0 bridgehead atoms. The lowest BCUT2D eigenvalue weighted by Gasteiger charge is -2.32. The average Bonchev–Trinajstić information content (AvgIpc) is 2.88. The summed E-state index contributed by atoms with van der Waals surface area (Å²) in [5, 5.41) is 13.6. The number of Topliss-reactive ketones (excluding diaryl/α,β-unsaturated/α-hetero) is 1. The Bertz CT molecular complexity index is 1430. The standard InChI is InChI=1S/C28H27F3N4O5/c1-16-10-20(11-17(2)32-16)18-4-3-5-19(12-18)25(36)15-26(37)33-22-13-21(28(29,30)31)24(14-23(22)34-27(38)39)35-6-8-40-9-7-35/h3-5,10-14,34H,6-9,15H2,1-2H3,(H,33,37)(H,38,39). The number of carbonyl (C=O) groups is 3. The minimum atomic E-state index is -4.80. The maximum atomic E-state index is 14.0. The molecule has 1 aliphatic heterocycles. The van der Waals surface area contributed by atoms with E-state index in [0.717, 1.165) is 28.6 Å². The lowest BCUT2D eigenvalue weighted by molar-refractivity contribution is -0.137. The number of carbonyl (C=O) groups excluding carboxylic acids is 2. The number of aromatic nitrogens is 1. The maximum absolute atomic E-state index is 14.0. The summed E-state index contributed by atoms with van der Waals surface area (Å²) in [6, 6.07) is 12.1. The smallest absolute Gasteiger partial charge is 0.418 e. The third-order valence-electron chi connectivity index (χ3n) is 6.23. The molecule has 0 aliphatic carbocycles. The molecule has 1 saturated heterocycles. The van der Waals surface area contributed by atoms with Gasteiger partial charge in [0.25, 0.3) is 0 Å². The van der Waals surface area contributed by atoms with Gasteiger partial charge in [0.2, 0.25) is 5.91 Å². The molecule has 0 atom stereocenters. The molecule has 12 heteroatoms. The van der Waals surface area contributed by atoms with Crippen LogP contribution in [-0.4, -0.2) is 54.2 Å². The predicted octanol–water partition coefficient (Wildman–Crippen LogP) is 5.52. The Kier molecular flexibility index (Phi) is 8.38. The number of nitrogens with zero attached hydrogens (tertiary/aromatic N) is 2. The van der Waals surface area contributed by atoms with Crippen LogP contribution in [0.5, 0.6) is 0 Å². The van der Waals surface area contributed by atoms with Gasteiger partial charge in [0.05, 0.1) is 42.3 Å². The number of amides is 2. The number of halogens is 3. The fraction of sp³-hybridized carbons (Fsp3) is 0.286. The number of pyridine rings is 1. The van der Waals surface area contributed by atoms with Crippen LogP contribution in [0.3, 0.4) is 0 Å². The van der Waals surface area contributed by atoms with Crippen molar-refractivity contribution in [2.75, 3.05) is 41.8 Å². The van der Waals surface area contributed by atoms with E-state index in [0.29, 0.717) is 6.07 Å². The van der Waals surface area contributed by atoms with Crippen molar-refractivity contribution in [3.8, 4) is 11.1 Å². The van der Waals surface area contributed by atoms with Gasteiger partial charge in [0.1, 0.15) is 0 Å². The van der Waals surface area contributed by atoms with Crippen LogP contribution in [0.2, 0.25) is 0 Å². The molecule has 0 spiro atoms. The van der Waals surface area contributed by atoms with E-state index >= 15 is 0 Å². The number of ether oxygens (including phenoxy) is 1. The van der Waals surface area contributed by atoms with Crippen LogP contribution in [-0.2, 0) is 15.7 Å². The van der Waals surface area contributed by atoms with E-state index in [9.17, 15) is 32.7 Å². The van der Waals surface area contributed by atoms with Gasteiger partial charge in [-0.15, -0.1) is 0 Å². The van der Waals surface area contributed by atoms with Gasteiger partial charge < -0.3 is 20.1 Å². The van der Waals surface area contributed by atoms with Gasteiger partial charge in [-0.1, -0.05) is 18.2 Å². The predicted molar refractivity (Wildman–Crippen MR) is 143 cm³/mol. The van der Waals surface area contributed by atoms with Crippen LogP contribution in [0.1, 0.15) is 33.7 Å². The van der Waals surface area contributed by atoms with Gasteiger partial charge in [-0.2, -0.15) is 13.2 Å². The highest BCUT2D eigenvalue weighted by molar-refractivity contribution is 6.12. The summed E-state index contributed by atoms with van der Waals surface area (Å²) in [6.07, 6.45) is -7.00. The number of benzene rings is 2. The Hall–Kier alpha value is -4.45. The summed E-state index contributed by atoms with van der Waals surface area (Å²) in [5.41, 5.74) is 1.45. The molecule has 4 rings (SSSR count). The molecule has 210 valence electrons. The molecule has 1 aromatic heterocycles. The van der Waals surface area contributed by atoms with E-state index in [1.54, 1.807) is 12.1 Å². The lowest BCUT2D eigenvalue weighted by atomic mass is 9.99. The number of hydrogen-bond donors (Lipinski definition) is 3. The number of alkyl halides is 3. The molecular weight excluding hydrogens is 529 g/mol. The van der Waals surface area contributed by atoms with Gasteiger partial charge in [-0.05, 0) is 55.3 Å². The number of aryl methyl sites for hydroxylation is 2.